The highest BCUT2D eigenvalue weighted by atomic mass is 35.5. The molecule has 1 aliphatic carbocycles. The average molecular weight is 304 g/mol. The molecule has 1 N–H and O–H groups in total. The zero-order valence-electron chi connectivity index (χ0n) is 10.9. The first-order valence-electron chi connectivity index (χ1n) is 6.39. The van der Waals surface area contributed by atoms with Crippen LogP contribution in [0.15, 0.2) is 18.2 Å². The van der Waals surface area contributed by atoms with Crippen molar-refractivity contribution in [2.45, 2.75) is 19.3 Å². The summed E-state index contributed by atoms with van der Waals surface area (Å²) in [5, 5.41) is 11.2. The van der Waals surface area contributed by atoms with E-state index in [2.05, 4.69) is 5.32 Å². The van der Waals surface area contributed by atoms with E-state index >= 15 is 0 Å². The lowest BCUT2D eigenvalue weighted by Gasteiger charge is -2.44. The number of carbonyl (C=O) groups is 3. The second-order valence-corrected chi connectivity index (χ2v) is 5.52. The maximum Gasteiger partial charge on any atom is 0.335 e. The Morgan fingerprint density at radius 2 is 2.00 bits per heavy atom. The standard InChI is InChI=1S/C14H10ClN3O3/c15-10-6-9(3-2-8(10)7-16)18-12(20)14(4-1-5-14)11(19)17-13(18)21/h2-3,6H,1,4-5H2,(H,17,19,21). The summed E-state index contributed by atoms with van der Waals surface area (Å²) in [6, 6.07) is 5.38. The third kappa shape index (κ3) is 1.82. The smallest absolute Gasteiger partial charge is 0.276 e. The molecular weight excluding hydrogens is 294 g/mol. The quantitative estimate of drug-likeness (QED) is 0.803. The van der Waals surface area contributed by atoms with Gasteiger partial charge in [0.25, 0.3) is 5.91 Å². The summed E-state index contributed by atoms with van der Waals surface area (Å²) in [5.74, 6) is -1.05. The molecule has 1 heterocycles. The number of hydrogen-bond donors (Lipinski definition) is 1. The Labute approximate surface area is 125 Å². The molecule has 2 fully saturated rings. The molecule has 6 nitrogen and oxygen atoms in total. The fourth-order valence-corrected chi connectivity index (χ4v) is 2.83. The molecule has 106 valence electrons. The predicted molar refractivity (Wildman–Crippen MR) is 73.5 cm³/mol. The van der Waals surface area contributed by atoms with E-state index in [1.165, 1.54) is 18.2 Å². The molecule has 0 radical (unpaired) electrons. The van der Waals surface area contributed by atoms with Crippen molar-refractivity contribution >= 4 is 35.1 Å². The lowest BCUT2D eigenvalue weighted by atomic mass is 9.66. The number of carbonyl (C=O) groups excluding carboxylic acids is 3. The topological polar surface area (TPSA) is 90.3 Å². The number of halogens is 1. The maximum atomic E-state index is 12.6. The molecular formula is C14H10ClN3O3. The molecule has 21 heavy (non-hydrogen) atoms. The summed E-state index contributed by atoms with van der Waals surface area (Å²) in [6.45, 7) is 0. The van der Waals surface area contributed by atoms with Crippen molar-refractivity contribution < 1.29 is 14.4 Å². The SMILES string of the molecule is N#Cc1ccc(N2C(=O)NC(=O)C3(CCC3)C2=O)cc1Cl. The summed E-state index contributed by atoms with van der Waals surface area (Å²) < 4.78 is 0. The predicted octanol–water partition coefficient (Wildman–Crippen LogP) is 1.96. The highest BCUT2D eigenvalue weighted by molar-refractivity contribution is 6.33. The van der Waals surface area contributed by atoms with Crippen molar-refractivity contribution in [3.8, 4) is 6.07 Å². The van der Waals surface area contributed by atoms with Gasteiger partial charge in [-0.1, -0.05) is 18.0 Å². The van der Waals surface area contributed by atoms with Gasteiger partial charge in [0.2, 0.25) is 5.91 Å². The van der Waals surface area contributed by atoms with Crippen molar-refractivity contribution in [1.29, 1.82) is 5.26 Å². The number of amides is 4. The molecule has 2 aliphatic rings. The first kappa shape index (κ1) is 13.6. The number of barbiturate groups is 1. The number of imide groups is 2. The van der Waals surface area contributed by atoms with Crippen LogP contribution in [-0.4, -0.2) is 17.8 Å². The summed E-state index contributed by atoms with van der Waals surface area (Å²) in [6.07, 6.45) is 1.65. The zero-order chi connectivity index (χ0) is 15.2. The minimum atomic E-state index is -1.13. The van der Waals surface area contributed by atoms with Gasteiger partial charge in [0.05, 0.1) is 16.3 Å². The molecule has 1 aromatic rings. The maximum absolute atomic E-state index is 12.6. The monoisotopic (exact) mass is 303 g/mol. The molecule has 3 rings (SSSR count). The van der Waals surface area contributed by atoms with Gasteiger partial charge < -0.3 is 0 Å². The van der Waals surface area contributed by atoms with Gasteiger partial charge >= 0.3 is 6.03 Å². The molecule has 1 saturated heterocycles. The van der Waals surface area contributed by atoms with Crippen LogP contribution in [0.5, 0.6) is 0 Å². The van der Waals surface area contributed by atoms with Crippen molar-refractivity contribution in [3.63, 3.8) is 0 Å². The average Bonchev–Trinajstić information content (AvgIpc) is 2.36. The number of nitrogens with zero attached hydrogens (tertiary/aromatic N) is 2. The van der Waals surface area contributed by atoms with Crippen LogP contribution in [0.4, 0.5) is 10.5 Å². The molecule has 1 aromatic carbocycles. The number of urea groups is 1. The summed E-state index contributed by atoms with van der Waals surface area (Å²) >= 11 is 5.93. The number of nitriles is 1. The highest BCUT2D eigenvalue weighted by Gasteiger charge is 2.57. The number of rotatable bonds is 1. The van der Waals surface area contributed by atoms with Gasteiger partial charge in [0.15, 0.2) is 0 Å². The molecule has 1 saturated carbocycles. The van der Waals surface area contributed by atoms with Crippen LogP contribution < -0.4 is 10.2 Å². The van der Waals surface area contributed by atoms with Crippen molar-refractivity contribution in [3.05, 3.63) is 28.8 Å². The highest BCUT2D eigenvalue weighted by Crippen LogP contribution is 2.45. The van der Waals surface area contributed by atoms with E-state index in [0.717, 1.165) is 11.3 Å². The minimum absolute atomic E-state index is 0.148. The lowest BCUT2D eigenvalue weighted by molar-refractivity contribution is -0.148. The molecule has 0 aromatic heterocycles. The summed E-state index contributed by atoms with van der Waals surface area (Å²) in [4.78, 5) is 37.4. The van der Waals surface area contributed by atoms with Crippen LogP contribution in [0, 0.1) is 16.7 Å². The van der Waals surface area contributed by atoms with Gasteiger partial charge in [0, 0.05) is 0 Å². The largest absolute Gasteiger partial charge is 0.335 e. The van der Waals surface area contributed by atoms with Gasteiger partial charge in [-0.3, -0.25) is 14.9 Å². The molecule has 0 atom stereocenters. The number of hydrogen-bond acceptors (Lipinski definition) is 4. The van der Waals surface area contributed by atoms with Gasteiger partial charge in [-0.2, -0.15) is 5.26 Å². The van der Waals surface area contributed by atoms with E-state index < -0.39 is 23.3 Å². The second kappa shape index (κ2) is 4.57. The van der Waals surface area contributed by atoms with Gasteiger partial charge in [-0.15, -0.1) is 0 Å². The van der Waals surface area contributed by atoms with E-state index in [1.807, 2.05) is 6.07 Å². The van der Waals surface area contributed by atoms with E-state index in [9.17, 15) is 14.4 Å². The summed E-state index contributed by atoms with van der Waals surface area (Å²) in [5.41, 5.74) is -0.631. The zero-order valence-corrected chi connectivity index (χ0v) is 11.6. The van der Waals surface area contributed by atoms with Crippen LogP contribution in [0.2, 0.25) is 5.02 Å². The fourth-order valence-electron chi connectivity index (χ4n) is 2.62. The molecule has 7 heteroatoms. The fraction of sp³-hybridized carbons (Fsp3) is 0.286. The Balaban J connectivity index is 2.03. The first-order chi connectivity index (χ1) is 9.99. The molecule has 0 unspecified atom stereocenters. The Bertz CT molecular complexity index is 719. The van der Waals surface area contributed by atoms with Gasteiger partial charge in [0.1, 0.15) is 11.5 Å². The van der Waals surface area contributed by atoms with Crippen LogP contribution in [0.25, 0.3) is 0 Å². The van der Waals surface area contributed by atoms with Crippen molar-refractivity contribution in [1.82, 2.24) is 5.32 Å². The number of benzene rings is 1. The first-order valence-corrected chi connectivity index (χ1v) is 6.77. The number of anilines is 1. The minimum Gasteiger partial charge on any atom is -0.276 e. The third-order valence-corrected chi connectivity index (χ3v) is 4.32. The summed E-state index contributed by atoms with van der Waals surface area (Å²) in [7, 11) is 0. The van der Waals surface area contributed by atoms with Crippen molar-refractivity contribution in [2.75, 3.05) is 4.90 Å². The Hall–Kier alpha value is -2.39. The van der Waals surface area contributed by atoms with Crippen LogP contribution in [-0.2, 0) is 9.59 Å². The van der Waals surface area contributed by atoms with Crippen LogP contribution in [0.1, 0.15) is 24.8 Å². The normalized spacial score (nSPS) is 20.0. The van der Waals surface area contributed by atoms with E-state index in [0.29, 0.717) is 12.8 Å². The third-order valence-electron chi connectivity index (χ3n) is 4.01. The molecule has 1 spiro atoms. The van der Waals surface area contributed by atoms with Gasteiger partial charge in [-0.05, 0) is 31.0 Å². The van der Waals surface area contributed by atoms with E-state index in [-0.39, 0.29) is 16.3 Å². The second-order valence-electron chi connectivity index (χ2n) is 5.11. The molecule has 1 aliphatic heterocycles. The Morgan fingerprint density at radius 1 is 1.29 bits per heavy atom. The molecule has 0 bridgehead atoms. The molecule has 4 amide bonds. The van der Waals surface area contributed by atoms with Gasteiger partial charge in [-0.25, -0.2) is 9.69 Å². The Kier molecular flexibility index (Phi) is 2.96. The van der Waals surface area contributed by atoms with Crippen molar-refractivity contribution in [2.24, 2.45) is 5.41 Å². The lowest BCUT2D eigenvalue weighted by Crippen LogP contribution is -2.66. The van der Waals surface area contributed by atoms with Crippen LogP contribution >= 0.6 is 11.6 Å². The Morgan fingerprint density at radius 3 is 2.52 bits per heavy atom. The number of nitrogens with one attached hydrogen (secondary N) is 1. The van der Waals surface area contributed by atoms with Crippen LogP contribution in [0.3, 0.4) is 0 Å². The van der Waals surface area contributed by atoms with E-state index in [1.54, 1.807) is 0 Å². The van der Waals surface area contributed by atoms with E-state index in [4.69, 9.17) is 16.9 Å².